The van der Waals surface area contributed by atoms with Gasteiger partial charge in [-0.1, -0.05) is 32.5 Å². The van der Waals surface area contributed by atoms with Crippen LogP contribution in [0.15, 0.2) is 16.0 Å². The quantitative estimate of drug-likeness (QED) is 0.616. The zero-order chi connectivity index (χ0) is 18.6. The molecule has 6 nitrogen and oxygen atoms in total. The molecule has 1 aliphatic heterocycles. The Morgan fingerprint density at radius 3 is 2.84 bits per heavy atom. The first-order chi connectivity index (χ1) is 11.7. The van der Waals surface area contributed by atoms with Crippen LogP contribution in [0.5, 0.6) is 0 Å². The molecule has 25 heavy (non-hydrogen) atoms. The highest BCUT2D eigenvalue weighted by Crippen LogP contribution is 2.27. The van der Waals surface area contributed by atoms with Crippen molar-refractivity contribution in [1.82, 2.24) is 14.9 Å². The topological polar surface area (TPSA) is 73.2 Å². The van der Waals surface area contributed by atoms with E-state index in [4.69, 9.17) is 4.74 Å². The zero-order valence-corrected chi connectivity index (χ0v) is 16.6. The Morgan fingerprint density at radius 1 is 1.48 bits per heavy atom. The lowest BCUT2D eigenvalue weighted by Gasteiger charge is -2.26. The summed E-state index contributed by atoms with van der Waals surface area (Å²) < 4.78 is 7.08. The van der Waals surface area contributed by atoms with E-state index in [2.05, 4.69) is 10.3 Å². The van der Waals surface area contributed by atoms with E-state index in [1.165, 1.54) is 11.8 Å². The van der Waals surface area contributed by atoms with Crippen LogP contribution in [0.3, 0.4) is 0 Å². The minimum absolute atomic E-state index is 0.00510. The lowest BCUT2D eigenvalue weighted by molar-refractivity contribution is -0.124. The number of nitrogens with zero attached hydrogens (tertiary/aromatic N) is 2. The minimum atomic E-state index is -0.205. The molecule has 0 bridgehead atoms. The average Bonchev–Trinajstić information content (AvgIpc) is 2.52. The maximum absolute atomic E-state index is 12.4. The number of amides is 1. The average molecular weight is 368 g/mol. The van der Waals surface area contributed by atoms with Gasteiger partial charge in [-0.15, -0.1) is 0 Å². The van der Waals surface area contributed by atoms with Crippen LogP contribution in [-0.2, 0) is 21.5 Å². The van der Waals surface area contributed by atoms with Crippen molar-refractivity contribution in [3.05, 3.63) is 22.1 Å². The van der Waals surface area contributed by atoms with Gasteiger partial charge in [0.05, 0.1) is 17.7 Å². The van der Waals surface area contributed by atoms with Gasteiger partial charge in [0.2, 0.25) is 5.91 Å². The van der Waals surface area contributed by atoms with Crippen molar-refractivity contribution in [2.75, 3.05) is 18.9 Å². The molecule has 1 atom stereocenters. The molecule has 1 amide bonds. The van der Waals surface area contributed by atoms with Gasteiger partial charge in [-0.3, -0.25) is 14.2 Å². The number of fused-ring (bicyclic) bond motifs is 1. The molecule has 0 aliphatic carbocycles. The van der Waals surface area contributed by atoms with Crippen molar-refractivity contribution >= 4 is 17.7 Å². The van der Waals surface area contributed by atoms with E-state index >= 15 is 0 Å². The van der Waals surface area contributed by atoms with E-state index in [0.717, 1.165) is 12.1 Å². The fourth-order valence-electron chi connectivity index (χ4n) is 2.50. The number of ether oxygens (including phenoxy) is 1. The highest BCUT2D eigenvalue weighted by molar-refractivity contribution is 7.99. The van der Waals surface area contributed by atoms with Gasteiger partial charge in [0, 0.05) is 36.9 Å². The second kappa shape index (κ2) is 8.36. The van der Waals surface area contributed by atoms with Crippen molar-refractivity contribution in [1.29, 1.82) is 0 Å². The third-order valence-corrected chi connectivity index (χ3v) is 5.14. The zero-order valence-electron chi connectivity index (χ0n) is 15.8. The van der Waals surface area contributed by atoms with E-state index in [1.54, 1.807) is 10.6 Å². The van der Waals surface area contributed by atoms with Crippen molar-refractivity contribution in [2.24, 2.45) is 5.92 Å². The highest BCUT2D eigenvalue weighted by atomic mass is 32.2. The van der Waals surface area contributed by atoms with E-state index in [0.29, 0.717) is 30.6 Å². The molecule has 7 heteroatoms. The van der Waals surface area contributed by atoms with Gasteiger partial charge >= 0.3 is 0 Å². The number of hydrogen-bond donors (Lipinski definition) is 1. The van der Waals surface area contributed by atoms with Gasteiger partial charge in [0.25, 0.3) is 5.56 Å². The smallest absolute Gasteiger partial charge is 0.254 e. The molecule has 0 spiro atoms. The largest absolute Gasteiger partial charge is 0.379 e. The Hall–Kier alpha value is -1.34. The summed E-state index contributed by atoms with van der Waals surface area (Å²) in [5.41, 5.74) is 0.552. The molecule has 0 saturated carbocycles. The molecular formula is C18H29N3O3S. The number of carbonyl (C=O) groups excluding carboxylic acids is 1. The van der Waals surface area contributed by atoms with Gasteiger partial charge in [-0.05, 0) is 20.3 Å². The third kappa shape index (κ3) is 5.57. The van der Waals surface area contributed by atoms with Crippen LogP contribution in [0, 0.1) is 5.92 Å². The first-order valence-corrected chi connectivity index (χ1v) is 9.81. The summed E-state index contributed by atoms with van der Waals surface area (Å²) >= 11 is 1.48. The molecule has 2 rings (SSSR count). The lowest BCUT2D eigenvalue weighted by atomic mass is 9.92. The summed E-state index contributed by atoms with van der Waals surface area (Å²) in [5.74, 6) is 0.437. The lowest BCUT2D eigenvalue weighted by Crippen LogP contribution is -2.40. The SMILES string of the molecule is CC(C)OCCCNC(=O)C1CSc2nc(C(C)(C)C)cc(=O)n2C1. The molecule has 0 radical (unpaired) electrons. The molecule has 1 aromatic heterocycles. The Balaban J connectivity index is 1.94. The molecule has 1 unspecified atom stereocenters. The highest BCUT2D eigenvalue weighted by Gasteiger charge is 2.28. The van der Waals surface area contributed by atoms with Crippen LogP contribution in [-0.4, -0.2) is 40.5 Å². The fraction of sp³-hybridized carbons (Fsp3) is 0.722. The van der Waals surface area contributed by atoms with Crippen LogP contribution >= 0.6 is 11.8 Å². The number of carbonyl (C=O) groups is 1. The first-order valence-electron chi connectivity index (χ1n) is 8.83. The van der Waals surface area contributed by atoms with Gasteiger partial charge in [-0.2, -0.15) is 0 Å². The Bertz CT molecular complexity index is 665. The number of rotatable bonds is 6. The van der Waals surface area contributed by atoms with Crippen molar-refractivity contribution in [3.8, 4) is 0 Å². The molecule has 0 fully saturated rings. The predicted octanol–water partition coefficient (Wildman–Crippen LogP) is 2.19. The van der Waals surface area contributed by atoms with Crippen molar-refractivity contribution in [2.45, 2.75) is 64.3 Å². The van der Waals surface area contributed by atoms with E-state index in [-0.39, 0.29) is 28.9 Å². The standard InChI is InChI=1S/C18H29N3O3S/c1-12(2)24-8-6-7-19-16(23)13-10-21-15(22)9-14(18(3,4)5)20-17(21)25-11-13/h9,12-13H,6-8,10-11H2,1-5H3,(H,19,23). The number of thioether (sulfide) groups is 1. The molecule has 1 aliphatic rings. The molecular weight excluding hydrogens is 338 g/mol. The van der Waals surface area contributed by atoms with Crippen LogP contribution in [0.4, 0.5) is 0 Å². The van der Waals surface area contributed by atoms with Crippen molar-refractivity contribution in [3.63, 3.8) is 0 Å². The Morgan fingerprint density at radius 2 is 2.20 bits per heavy atom. The Labute approximate surface area is 153 Å². The summed E-state index contributed by atoms with van der Waals surface area (Å²) in [6.45, 7) is 11.7. The number of hydrogen-bond acceptors (Lipinski definition) is 5. The van der Waals surface area contributed by atoms with Crippen LogP contribution in [0.1, 0.15) is 46.7 Å². The van der Waals surface area contributed by atoms with Crippen molar-refractivity contribution < 1.29 is 9.53 Å². The van der Waals surface area contributed by atoms with Crippen LogP contribution in [0.25, 0.3) is 0 Å². The fourth-order valence-corrected chi connectivity index (χ4v) is 3.59. The van der Waals surface area contributed by atoms with Crippen LogP contribution < -0.4 is 10.9 Å². The first kappa shape index (κ1) is 20.0. The normalized spacial score (nSPS) is 17.4. The number of nitrogens with one attached hydrogen (secondary N) is 1. The van der Waals surface area contributed by atoms with Crippen LogP contribution in [0.2, 0.25) is 0 Å². The predicted molar refractivity (Wildman–Crippen MR) is 100 cm³/mol. The monoisotopic (exact) mass is 367 g/mol. The van der Waals surface area contributed by atoms with E-state index in [1.807, 2.05) is 34.6 Å². The minimum Gasteiger partial charge on any atom is -0.379 e. The molecule has 140 valence electrons. The molecule has 1 N–H and O–H groups in total. The molecule has 0 saturated heterocycles. The number of aromatic nitrogens is 2. The summed E-state index contributed by atoms with van der Waals surface area (Å²) in [7, 11) is 0. The van der Waals surface area contributed by atoms with Gasteiger partial charge in [0.15, 0.2) is 5.16 Å². The summed E-state index contributed by atoms with van der Waals surface area (Å²) in [6, 6.07) is 1.59. The molecule has 2 heterocycles. The maximum atomic E-state index is 12.4. The van der Waals surface area contributed by atoms with Gasteiger partial charge in [-0.25, -0.2) is 4.98 Å². The van der Waals surface area contributed by atoms with E-state index < -0.39 is 0 Å². The maximum Gasteiger partial charge on any atom is 0.254 e. The second-order valence-electron chi connectivity index (χ2n) is 7.69. The van der Waals surface area contributed by atoms with Gasteiger partial charge in [0.1, 0.15) is 0 Å². The molecule has 0 aromatic carbocycles. The summed E-state index contributed by atoms with van der Waals surface area (Å²) in [6.07, 6.45) is 0.996. The third-order valence-electron chi connectivity index (χ3n) is 4.00. The molecule has 1 aromatic rings. The van der Waals surface area contributed by atoms with Gasteiger partial charge < -0.3 is 10.1 Å². The Kier molecular flexibility index (Phi) is 6.68. The summed E-state index contributed by atoms with van der Waals surface area (Å²) in [5, 5.41) is 3.66. The summed E-state index contributed by atoms with van der Waals surface area (Å²) in [4.78, 5) is 29.4. The second-order valence-corrected chi connectivity index (χ2v) is 8.68. The van der Waals surface area contributed by atoms with E-state index in [9.17, 15) is 9.59 Å².